The van der Waals surface area contributed by atoms with Crippen molar-refractivity contribution in [3.8, 4) is 28.6 Å². The highest BCUT2D eigenvalue weighted by molar-refractivity contribution is 5.88. The van der Waals surface area contributed by atoms with Crippen LogP contribution in [-0.2, 0) is 11.2 Å². The number of aromatic nitrogens is 2. The van der Waals surface area contributed by atoms with Gasteiger partial charge in [0.05, 0.1) is 25.1 Å². The van der Waals surface area contributed by atoms with E-state index in [4.69, 9.17) is 19.2 Å². The summed E-state index contributed by atoms with van der Waals surface area (Å²) in [6.07, 6.45) is 4.66. The van der Waals surface area contributed by atoms with E-state index in [9.17, 15) is 9.59 Å². The number of piperidine rings is 1. The standard InChI is InChI=1S/C43H56N6O5/c1-8-49(9-2)41(50)30(4)25-33-18-20-37(39(26-33)52-7)46-43(51)54-40-28-38(36-19-17-29(3)31(5)32(36)6)45-42(47-40)44-34-15-13-16-35(27-34)53-24-14-23-48-21-11-10-12-22-48/h13,15-20,26-28,30H,8-12,14,21-25H2,1-7H3,(H,46,51)(H,44,45,47). The molecule has 2 heterocycles. The van der Waals surface area contributed by atoms with E-state index in [1.807, 2.05) is 68.1 Å². The van der Waals surface area contributed by atoms with Crippen molar-refractivity contribution in [1.82, 2.24) is 19.8 Å². The number of hydrogen-bond acceptors (Lipinski definition) is 9. The lowest BCUT2D eigenvalue weighted by molar-refractivity contribution is -0.134. The van der Waals surface area contributed by atoms with E-state index in [2.05, 4.69) is 47.4 Å². The van der Waals surface area contributed by atoms with Crippen LogP contribution in [0, 0.1) is 26.7 Å². The highest BCUT2D eigenvalue weighted by atomic mass is 16.6. The molecule has 1 aliphatic rings. The third-order valence-corrected chi connectivity index (χ3v) is 10.2. The van der Waals surface area contributed by atoms with Crippen LogP contribution in [-0.4, -0.2) is 78.2 Å². The van der Waals surface area contributed by atoms with Crippen molar-refractivity contribution in [2.24, 2.45) is 5.92 Å². The molecule has 4 aromatic rings. The van der Waals surface area contributed by atoms with Gasteiger partial charge in [0.25, 0.3) is 0 Å². The summed E-state index contributed by atoms with van der Waals surface area (Å²) in [5.74, 6) is 1.46. The van der Waals surface area contributed by atoms with Gasteiger partial charge in [-0.05, 0) is 120 Å². The Morgan fingerprint density at radius 3 is 2.44 bits per heavy atom. The zero-order valence-corrected chi connectivity index (χ0v) is 33.0. The van der Waals surface area contributed by atoms with Crippen LogP contribution < -0.4 is 24.8 Å². The number of carbonyl (C=O) groups is 2. The first-order valence-corrected chi connectivity index (χ1v) is 19.2. The molecule has 5 rings (SSSR count). The fourth-order valence-corrected chi connectivity index (χ4v) is 6.84. The number of carbonyl (C=O) groups excluding carboxylic acids is 2. The number of nitrogens with zero attached hydrogens (tertiary/aromatic N) is 4. The molecule has 1 atom stereocenters. The largest absolute Gasteiger partial charge is 0.495 e. The van der Waals surface area contributed by atoms with Crippen molar-refractivity contribution in [2.45, 2.75) is 73.6 Å². The number of aryl methyl sites for hydroxylation is 1. The van der Waals surface area contributed by atoms with E-state index in [1.54, 1.807) is 12.1 Å². The molecule has 1 fully saturated rings. The molecule has 11 heteroatoms. The molecule has 0 bridgehead atoms. The monoisotopic (exact) mass is 736 g/mol. The zero-order chi connectivity index (χ0) is 38.6. The minimum absolute atomic E-state index is 0.0714. The maximum absolute atomic E-state index is 13.4. The normalized spacial score (nSPS) is 13.5. The highest BCUT2D eigenvalue weighted by Crippen LogP contribution is 2.31. The second-order valence-electron chi connectivity index (χ2n) is 14.0. The van der Waals surface area contributed by atoms with Gasteiger partial charge in [-0.15, -0.1) is 0 Å². The van der Waals surface area contributed by atoms with Gasteiger partial charge in [-0.3, -0.25) is 10.1 Å². The number of ether oxygens (including phenoxy) is 3. The summed E-state index contributed by atoms with van der Waals surface area (Å²) in [4.78, 5) is 40.0. The predicted octanol–water partition coefficient (Wildman–Crippen LogP) is 8.73. The molecular formula is C43H56N6O5. The number of amides is 2. The fraction of sp³-hybridized carbons (Fsp3) is 0.442. The maximum Gasteiger partial charge on any atom is 0.418 e. The topological polar surface area (TPSA) is 118 Å². The first-order valence-electron chi connectivity index (χ1n) is 19.2. The average molecular weight is 737 g/mol. The molecule has 0 spiro atoms. The van der Waals surface area contributed by atoms with E-state index < -0.39 is 6.09 Å². The number of hydrogen-bond donors (Lipinski definition) is 2. The van der Waals surface area contributed by atoms with Crippen molar-refractivity contribution in [2.75, 3.05) is 57.1 Å². The SMILES string of the molecule is CCN(CC)C(=O)C(C)Cc1ccc(NC(=O)Oc2cc(-c3ccc(C)c(C)c3C)nc(Nc3cccc(OCCCN4CCCCC4)c3)n2)c(OC)c1. The van der Waals surface area contributed by atoms with E-state index in [0.717, 1.165) is 46.7 Å². The molecule has 1 aromatic heterocycles. The van der Waals surface area contributed by atoms with E-state index >= 15 is 0 Å². The average Bonchev–Trinajstić information content (AvgIpc) is 3.17. The van der Waals surface area contributed by atoms with Gasteiger partial charge >= 0.3 is 6.09 Å². The second-order valence-corrected chi connectivity index (χ2v) is 14.0. The summed E-state index contributed by atoms with van der Waals surface area (Å²) in [5, 5.41) is 6.10. The Labute approximate surface area is 320 Å². The quantitative estimate of drug-likeness (QED) is 0.109. The number of methoxy groups -OCH3 is 1. The lowest BCUT2D eigenvalue weighted by atomic mass is 9.97. The second kappa shape index (κ2) is 19.3. The van der Waals surface area contributed by atoms with Gasteiger partial charge in [0.1, 0.15) is 11.5 Å². The summed E-state index contributed by atoms with van der Waals surface area (Å²) in [7, 11) is 1.54. The Hall–Kier alpha value is -5.16. The van der Waals surface area contributed by atoms with Crippen molar-refractivity contribution in [3.63, 3.8) is 0 Å². The molecule has 1 aliphatic heterocycles. The van der Waals surface area contributed by atoms with Gasteiger partial charge in [-0.2, -0.15) is 4.98 Å². The Bertz CT molecular complexity index is 1890. The minimum atomic E-state index is -0.738. The molecule has 0 radical (unpaired) electrons. The molecule has 2 N–H and O–H groups in total. The van der Waals surface area contributed by atoms with Gasteiger partial charge < -0.3 is 29.3 Å². The van der Waals surface area contributed by atoms with Crippen LogP contribution >= 0.6 is 0 Å². The lowest BCUT2D eigenvalue weighted by Gasteiger charge is -2.26. The van der Waals surface area contributed by atoms with Crippen LogP contribution in [0.3, 0.4) is 0 Å². The summed E-state index contributed by atoms with van der Waals surface area (Å²) in [6, 6.07) is 18.9. The Morgan fingerprint density at radius 2 is 1.70 bits per heavy atom. The van der Waals surface area contributed by atoms with Crippen LogP contribution in [0.2, 0.25) is 0 Å². The summed E-state index contributed by atoms with van der Waals surface area (Å²) < 4.78 is 17.5. The number of likely N-dealkylation sites (tertiary alicyclic amines) is 1. The van der Waals surface area contributed by atoms with E-state index in [1.165, 1.54) is 45.0 Å². The van der Waals surface area contributed by atoms with Gasteiger partial charge in [0.15, 0.2) is 0 Å². The third kappa shape index (κ3) is 10.7. The number of benzene rings is 3. The lowest BCUT2D eigenvalue weighted by Crippen LogP contribution is -2.35. The van der Waals surface area contributed by atoms with Gasteiger partial charge in [0.2, 0.25) is 17.7 Å². The van der Waals surface area contributed by atoms with Crippen LogP contribution in [0.4, 0.5) is 22.1 Å². The first-order chi connectivity index (χ1) is 26.1. The Balaban J connectivity index is 1.31. The molecule has 0 aliphatic carbocycles. The molecular weight excluding hydrogens is 681 g/mol. The maximum atomic E-state index is 13.4. The minimum Gasteiger partial charge on any atom is -0.495 e. The fourth-order valence-electron chi connectivity index (χ4n) is 6.84. The molecule has 3 aromatic carbocycles. The smallest absolute Gasteiger partial charge is 0.418 e. The van der Waals surface area contributed by atoms with Crippen molar-refractivity contribution in [3.05, 3.63) is 82.9 Å². The Kier molecular flexibility index (Phi) is 14.3. The van der Waals surface area contributed by atoms with Crippen molar-refractivity contribution < 1.29 is 23.8 Å². The summed E-state index contributed by atoms with van der Waals surface area (Å²) in [6.45, 7) is 17.5. The molecule has 288 valence electrons. The first kappa shape index (κ1) is 40.0. The van der Waals surface area contributed by atoms with Crippen molar-refractivity contribution >= 4 is 29.3 Å². The number of anilines is 3. The zero-order valence-electron chi connectivity index (χ0n) is 33.0. The van der Waals surface area contributed by atoms with Crippen LogP contribution in [0.15, 0.2) is 60.7 Å². The number of nitrogens with one attached hydrogen (secondary N) is 2. The highest BCUT2D eigenvalue weighted by Gasteiger charge is 2.20. The molecule has 11 nitrogen and oxygen atoms in total. The van der Waals surface area contributed by atoms with E-state index in [0.29, 0.717) is 43.2 Å². The Morgan fingerprint density at radius 1 is 0.926 bits per heavy atom. The molecule has 2 amide bonds. The van der Waals surface area contributed by atoms with Crippen LogP contribution in [0.25, 0.3) is 11.3 Å². The summed E-state index contributed by atoms with van der Waals surface area (Å²) in [5.41, 5.74) is 7.02. The third-order valence-electron chi connectivity index (χ3n) is 10.2. The van der Waals surface area contributed by atoms with E-state index in [-0.39, 0.29) is 23.7 Å². The van der Waals surface area contributed by atoms with Gasteiger partial charge in [-0.25, -0.2) is 9.78 Å². The number of rotatable bonds is 16. The molecule has 54 heavy (non-hydrogen) atoms. The van der Waals surface area contributed by atoms with Gasteiger partial charge in [0, 0.05) is 48.9 Å². The summed E-state index contributed by atoms with van der Waals surface area (Å²) >= 11 is 0. The molecule has 0 saturated carbocycles. The van der Waals surface area contributed by atoms with Gasteiger partial charge in [-0.1, -0.05) is 37.6 Å². The molecule has 1 unspecified atom stereocenters. The predicted molar refractivity (Wildman–Crippen MR) is 215 cm³/mol. The van der Waals surface area contributed by atoms with Crippen LogP contribution in [0.5, 0.6) is 17.4 Å². The molecule has 1 saturated heterocycles. The van der Waals surface area contributed by atoms with Crippen LogP contribution in [0.1, 0.15) is 68.7 Å². The van der Waals surface area contributed by atoms with Crippen molar-refractivity contribution in [1.29, 1.82) is 0 Å².